The van der Waals surface area contributed by atoms with Gasteiger partial charge < -0.3 is 0 Å². The van der Waals surface area contributed by atoms with Crippen LogP contribution in [0.1, 0.15) is 34.6 Å². The summed E-state index contributed by atoms with van der Waals surface area (Å²) in [5, 5.41) is 0. The number of allylic oxidation sites excluding steroid dienone is 3. The zero-order valence-corrected chi connectivity index (χ0v) is 13.1. The van der Waals surface area contributed by atoms with E-state index in [1.807, 2.05) is 27.7 Å². The summed E-state index contributed by atoms with van der Waals surface area (Å²) >= 11 is 0. The molecule has 0 aromatic carbocycles. The van der Waals surface area contributed by atoms with Crippen molar-refractivity contribution in [3.05, 3.63) is 35.8 Å². The van der Waals surface area contributed by atoms with Gasteiger partial charge in [0, 0.05) is 14.1 Å². The van der Waals surface area contributed by atoms with Crippen LogP contribution in [0.15, 0.2) is 35.8 Å². The Bertz CT molecular complexity index is 338. The highest BCUT2D eigenvalue weighted by molar-refractivity contribution is 7.93. The molecule has 0 spiro atoms. The van der Waals surface area contributed by atoms with Gasteiger partial charge in [0.2, 0.25) is 10.0 Å². The van der Waals surface area contributed by atoms with Gasteiger partial charge in [0.1, 0.15) is 0 Å². The van der Waals surface area contributed by atoms with Gasteiger partial charge in [-0.25, -0.2) is 12.7 Å². The maximum absolute atomic E-state index is 11.5. The zero-order chi connectivity index (χ0) is 14.6. The summed E-state index contributed by atoms with van der Waals surface area (Å²) in [7, 11) is -0.414. The molecule has 3 nitrogen and oxygen atoms in total. The molecule has 0 saturated heterocycles. The third-order valence-corrected chi connectivity index (χ3v) is 3.21. The van der Waals surface area contributed by atoms with E-state index < -0.39 is 10.0 Å². The molecule has 0 fully saturated rings. The average molecular weight is 261 g/mol. The van der Waals surface area contributed by atoms with E-state index in [2.05, 4.69) is 13.2 Å². The third-order valence-electron chi connectivity index (χ3n) is 1.37. The predicted octanol–water partition coefficient (Wildman–Crippen LogP) is 3.58. The van der Waals surface area contributed by atoms with Crippen molar-refractivity contribution in [1.82, 2.24) is 4.31 Å². The van der Waals surface area contributed by atoms with Gasteiger partial charge in [-0.3, -0.25) is 0 Å². The average Bonchev–Trinajstić information content (AvgIpc) is 2.30. The molecule has 0 radical (unpaired) electrons. The van der Waals surface area contributed by atoms with E-state index in [4.69, 9.17) is 0 Å². The molecule has 0 atom stereocenters. The van der Waals surface area contributed by atoms with Gasteiger partial charge in [-0.2, -0.15) is 0 Å². The fourth-order valence-corrected chi connectivity index (χ4v) is 1.67. The Kier molecular flexibility index (Phi) is 14.6. The SMILES string of the molecule is C=C/C(=C\C(=C)C)S(=O)(=O)N(C)C.CC.CC. The molecule has 0 heterocycles. The quantitative estimate of drug-likeness (QED) is 0.725. The number of nitrogens with zero attached hydrogens (tertiary/aromatic N) is 1. The Labute approximate surface area is 108 Å². The summed E-state index contributed by atoms with van der Waals surface area (Å²) in [6.07, 6.45) is 2.80. The van der Waals surface area contributed by atoms with Crippen LogP contribution in [0.5, 0.6) is 0 Å². The molecule has 4 heteroatoms. The highest BCUT2D eigenvalue weighted by Crippen LogP contribution is 2.12. The van der Waals surface area contributed by atoms with E-state index in [0.29, 0.717) is 5.57 Å². The standard InChI is InChI=1S/C9H15NO2S.2C2H6/c1-6-9(7-8(2)3)13(11,12)10(4)5;2*1-2/h6-7H,1-2H2,3-5H3;2*1-2H3/b9-7+;;. The van der Waals surface area contributed by atoms with Gasteiger partial charge in [-0.15, -0.1) is 0 Å². The van der Waals surface area contributed by atoms with Gasteiger partial charge in [0.05, 0.1) is 4.91 Å². The Hall–Kier alpha value is -0.870. The highest BCUT2D eigenvalue weighted by atomic mass is 32.2. The summed E-state index contributed by atoms with van der Waals surface area (Å²) < 4.78 is 24.2. The van der Waals surface area contributed by atoms with Crippen LogP contribution in [-0.4, -0.2) is 26.8 Å². The number of sulfonamides is 1. The van der Waals surface area contributed by atoms with E-state index in [1.54, 1.807) is 6.92 Å². The summed E-state index contributed by atoms with van der Waals surface area (Å²) in [5.41, 5.74) is 0.681. The predicted molar refractivity (Wildman–Crippen MR) is 78.4 cm³/mol. The molecule has 0 unspecified atom stereocenters. The van der Waals surface area contributed by atoms with E-state index in [9.17, 15) is 8.42 Å². The summed E-state index contributed by atoms with van der Waals surface area (Å²) in [4.78, 5) is 0.171. The van der Waals surface area contributed by atoms with Crippen molar-refractivity contribution >= 4 is 10.0 Å². The van der Waals surface area contributed by atoms with Crippen LogP contribution in [0.25, 0.3) is 0 Å². The molecule has 0 aliphatic carbocycles. The first-order valence-corrected chi connectivity index (χ1v) is 7.18. The molecule has 17 heavy (non-hydrogen) atoms. The van der Waals surface area contributed by atoms with Crippen LogP contribution in [0.4, 0.5) is 0 Å². The summed E-state index contributed by atoms with van der Waals surface area (Å²) in [5.74, 6) is 0. The lowest BCUT2D eigenvalue weighted by Gasteiger charge is -2.11. The lowest BCUT2D eigenvalue weighted by molar-refractivity contribution is 0.529. The normalized spacial score (nSPS) is 10.7. The van der Waals surface area contributed by atoms with Crippen LogP contribution in [0.2, 0.25) is 0 Å². The van der Waals surface area contributed by atoms with Crippen LogP contribution in [0, 0.1) is 0 Å². The maximum Gasteiger partial charge on any atom is 0.242 e. The van der Waals surface area contributed by atoms with Crippen molar-refractivity contribution in [1.29, 1.82) is 0 Å². The minimum Gasteiger partial charge on any atom is -0.207 e. The van der Waals surface area contributed by atoms with Crippen molar-refractivity contribution in [2.45, 2.75) is 34.6 Å². The van der Waals surface area contributed by atoms with Crippen LogP contribution < -0.4 is 0 Å². The largest absolute Gasteiger partial charge is 0.242 e. The van der Waals surface area contributed by atoms with Crippen molar-refractivity contribution in [2.75, 3.05) is 14.1 Å². The molecule has 0 aliphatic rings. The minimum atomic E-state index is -3.37. The van der Waals surface area contributed by atoms with E-state index in [1.165, 1.54) is 26.2 Å². The molecule has 102 valence electrons. The second-order valence-corrected chi connectivity index (χ2v) is 5.04. The Balaban J connectivity index is -0.000000439. The molecule has 0 saturated carbocycles. The van der Waals surface area contributed by atoms with Crippen molar-refractivity contribution in [3.63, 3.8) is 0 Å². The fourth-order valence-electron chi connectivity index (χ4n) is 0.692. The van der Waals surface area contributed by atoms with Crippen LogP contribution in [-0.2, 0) is 10.0 Å². The second kappa shape index (κ2) is 11.6. The van der Waals surface area contributed by atoms with Gasteiger partial charge in [-0.1, -0.05) is 46.4 Å². The molecule has 0 N–H and O–H groups in total. The lowest BCUT2D eigenvalue weighted by atomic mass is 10.3. The molecular weight excluding hydrogens is 234 g/mol. The molecule has 0 aliphatic heterocycles. The van der Waals surface area contributed by atoms with Crippen molar-refractivity contribution < 1.29 is 8.42 Å². The first-order chi connectivity index (χ1) is 7.82. The summed E-state index contributed by atoms with van der Waals surface area (Å²) in [6.45, 7) is 16.8. The number of hydrogen-bond acceptors (Lipinski definition) is 2. The monoisotopic (exact) mass is 261 g/mol. The molecule has 0 aromatic heterocycles. The fraction of sp³-hybridized carbons (Fsp3) is 0.538. The third kappa shape index (κ3) is 8.89. The minimum absolute atomic E-state index is 0.171. The van der Waals surface area contributed by atoms with Crippen molar-refractivity contribution in [2.24, 2.45) is 0 Å². The van der Waals surface area contributed by atoms with E-state index >= 15 is 0 Å². The van der Waals surface area contributed by atoms with Gasteiger partial charge >= 0.3 is 0 Å². The first-order valence-electron chi connectivity index (χ1n) is 5.74. The second-order valence-electron chi connectivity index (χ2n) is 2.88. The van der Waals surface area contributed by atoms with E-state index in [-0.39, 0.29) is 4.91 Å². The van der Waals surface area contributed by atoms with Crippen LogP contribution >= 0.6 is 0 Å². The van der Waals surface area contributed by atoms with Gasteiger partial charge in [-0.05, 0) is 19.1 Å². The maximum atomic E-state index is 11.5. The van der Waals surface area contributed by atoms with Crippen LogP contribution in [0.3, 0.4) is 0 Å². The number of rotatable bonds is 4. The number of hydrogen-bond donors (Lipinski definition) is 0. The smallest absolute Gasteiger partial charge is 0.207 e. The summed E-state index contributed by atoms with van der Waals surface area (Å²) in [6, 6.07) is 0. The lowest BCUT2D eigenvalue weighted by Crippen LogP contribution is -2.23. The van der Waals surface area contributed by atoms with Gasteiger partial charge in [0.25, 0.3) is 0 Å². The topological polar surface area (TPSA) is 37.4 Å². The molecule has 0 aromatic rings. The first kappa shape index (κ1) is 21.4. The van der Waals surface area contributed by atoms with Gasteiger partial charge in [0.15, 0.2) is 0 Å². The molecule has 0 rings (SSSR count). The highest BCUT2D eigenvalue weighted by Gasteiger charge is 2.17. The molecule has 0 bridgehead atoms. The zero-order valence-electron chi connectivity index (χ0n) is 12.2. The Morgan fingerprint density at radius 1 is 1.12 bits per heavy atom. The Morgan fingerprint density at radius 3 is 1.65 bits per heavy atom. The molecular formula is C13H27NO2S. The Morgan fingerprint density at radius 2 is 1.47 bits per heavy atom. The van der Waals surface area contributed by atoms with Crippen molar-refractivity contribution in [3.8, 4) is 0 Å². The van der Waals surface area contributed by atoms with E-state index in [0.717, 1.165) is 4.31 Å². The molecule has 0 amide bonds.